The quantitative estimate of drug-likeness (QED) is 0.699. The third-order valence-electron chi connectivity index (χ3n) is 3.00. The highest BCUT2D eigenvalue weighted by Gasteiger charge is 2.20. The summed E-state index contributed by atoms with van der Waals surface area (Å²) in [4.78, 5) is 2.31. The average molecular weight is 243 g/mol. The van der Waals surface area contributed by atoms with Gasteiger partial charge < -0.3 is 10.8 Å². The van der Waals surface area contributed by atoms with Gasteiger partial charge in [0, 0.05) is 21.9 Å². The minimum absolute atomic E-state index is 0.468. The first kappa shape index (κ1) is 10.7. The molecule has 86 valence electrons. The molecule has 2 aromatic rings. The topological polar surface area (TPSA) is 46.2 Å². The monoisotopic (exact) mass is 243 g/mol. The van der Waals surface area contributed by atoms with Crippen molar-refractivity contribution >= 4 is 17.4 Å². The molecule has 0 aromatic heterocycles. The molecule has 1 aliphatic heterocycles. The Labute approximate surface area is 104 Å². The number of benzene rings is 2. The second kappa shape index (κ2) is 4.09. The fraction of sp³-hybridized carbons (Fsp3) is 0.143. The number of rotatable bonds is 0. The van der Waals surface area contributed by atoms with Gasteiger partial charge in [-0.25, -0.2) is 0 Å². The van der Waals surface area contributed by atoms with Gasteiger partial charge in [-0.15, -0.1) is 0 Å². The number of aliphatic hydroxyl groups is 1. The van der Waals surface area contributed by atoms with Crippen LogP contribution in [0.1, 0.15) is 17.2 Å². The van der Waals surface area contributed by atoms with Crippen LogP contribution >= 0.6 is 11.8 Å². The summed E-state index contributed by atoms with van der Waals surface area (Å²) in [6.45, 7) is 0. The minimum atomic E-state index is -0.468. The second-order valence-corrected chi connectivity index (χ2v) is 5.31. The van der Waals surface area contributed by atoms with Gasteiger partial charge in [0.25, 0.3) is 0 Å². The summed E-state index contributed by atoms with van der Waals surface area (Å²) >= 11 is 1.70. The highest BCUT2D eigenvalue weighted by atomic mass is 32.2. The van der Waals surface area contributed by atoms with Crippen LogP contribution in [0.25, 0.3) is 0 Å². The summed E-state index contributed by atoms with van der Waals surface area (Å²) in [5, 5.41) is 10.2. The van der Waals surface area contributed by atoms with E-state index in [4.69, 9.17) is 5.73 Å². The number of nitrogens with two attached hydrogens (primary N) is 1. The molecule has 1 aliphatic rings. The number of fused-ring (bicyclic) bond motifs is 2. The van der Waals surface area contributed by atoms with Crippen molar-refractivity contribution < 1.29 is 5.11 Å². The van der Waals surface area contributed by atoms with E-state index in [0.29, 0.717) is 12.1 Å². The van der Waals surface area contributed by atoms with E-state index in [0.717, 1.165) is 10.5 Å². The Morgan fingerprint density at radius 3 is 2.82 bits per heavy atom. The highest BCUT2D eigenvalue weighted by Crippen LogP contribution is 2.41. The molecule has 0 unspecified atom stereocenters. The molecular weight excluding hydrogens is 230 g/mol. The lowest BCUT2D eigenvalue weighted by atomic mass is 10.0. The molecule has 0 fully saturated rings. The van der Waals surface area contributed by atoms with Crippen LogP contribution in [0.3, 0.4) is 0 Å². The summed E-state index contributed by atoms with van der Waals surface area (Å²) in [7, 11) is 0. The van der Waals surface area contributed by atoms with Gasteiger partial charge in [0.1, 0.15) is 0 Å². The summed E-state index contributed by atoms with van der Waals surface area (Å²) in [6, 6.07) is 13.9. The zero-order valence-corrected chi connectivity index (χ0v) is 10.1. The third kappa shape index (κ3) is 1.92. The molecule has 0 aliphatic carbocycles. The van der Waals surface area contributed by atoms with Crippen molar-refractivity contribution in [1.82, 2.24) is 0 Å². The van der Waals surface area contributed by atoms with Crippen molar-refractivity contribution in [3.8, 4) is 0 Å². The first-order chi connectivity index (χ1) is 8.24. The smallest absolute Gasteiger partial charge is 0.0842 e. The third-order valence-corrected chi connectivity index (χ3v) is 4.21. The first-order valence-corrected chi connectivity index (χ1v) is 6.39. The number of anilines is 1. The van der Waals surface area contributed by atoms with E-state index >= 15 is 0 Å². The Hall–Kier alpha value is -1.45. The van der Waals surface area contributed by atoms with Crippen molar-refractivity contribution in [2.75, 3.05) is 5.73 Å². The molecule has 3 N–H and O–H groups in total. The summed E-state index contributed by atoms with van der Waals surface area (Å²) < 4.78 is 0. The molecule has 0 bridgehead atoms. The number of nitrogen functional groups attached to an aromatic ring is 1. The molecule has 0 radical (unpaired) electrons. The van der Waals surface area contributed by atoms with Crippen molar-refractivity contribution in [2.24, 2.45) is 0 Å². The number of aliphatic hydroxyl groups excluding tert-OH is 1. The molecule has 0 spiro atoms. The molecule has 17 heavy (non-hydrogen) atoms. The fourth-order valence-electron chi connectivity index (χ4n) is 2.13. The molecule has 0 amide bonds. The molecule has 3 rings (SSSR count). The fourth-order valence-corrected chi connectivity index (χ4v) is 3.24. The Bertz CT molecular complexity index is 568. The minimum Gasteiger partial charge on any atom is -0.399 e. The van der Waals surface area contributed by atoms with Crippen molar-refractivity contribution in [3.05, 3.63) is 53.6 Å². The van der Waals surface area contributed by atoms with Crippen LogP contribution in [0.5, 0.6) is 0 Å². The molecule has 3 heteroatoms. The standard InChI is InChI=1S/C14H13NOS/c15-10-5-6-14-11(8-10)12(16)7-9-3-1-2-4-13(9)17-14/h1-6,8,12,16H,7,15H2/t12-/m1/s1. The largest absolute Gasteiger partial charge is 0.399 e. The van der Waals surface area contributed by atoms with Crippen LogP contribution < -0.4 is 5.73 Å². The Morgan fingerprint density at radius 1 is 1.12 bits per heavy atom. The molecule has 0 saturated carbocycles. The SMILES string of the molecule is Nc1ccc2c(c1)[C@H](O)Cc1ccccc1S2. The maximum absolute atomic E-state index is 10.2. The first-order valence-electron chi connectivity index (χ1n) is 5.57. The van der Waals surface area contributed by atoms with Crippen LogP contribution in [-0.2, 0) is 6.42 Å². The average Bonchev–Trinajstić information content (AvgIpc) is 2.46. The summed E-state index contributed by atoms with van der Waals surface area (Å²) in [5.41, 5.74) is 8.61. The van der Waals surface area contributed by atoms with Crippen LogP contribution in [0, 0.1) is 0 Å². The van der Waals surface area contributed by atoms with E-state index in [-0.39, 0.29) is 0 Å². The highest BCUT2D eigenvalue weighted by molar-refractivity contribution is 7.99. The van der Waals surface area contributed by atoms with Gasteiger partial charge in [-0.1, -0.05) is 30.0 Å². The van der Waals surface area contributed by atoms with E-state index in [2.05, 4.69) is 12.1 Å². The maximum atomic E-state index is 10.2. The Kier molecular flexibility index (Phi) is 2.57. The van der Waals surface area contributed by atoms with E-state index in [1.165, 1.54) is 10.5 Å². The van der Waals surface area contributed by atoms with Crippen LogP contribution in [-0.4, -0.2) is 5.11 Å². The lowest BCUT2D eigenvalue weighted by Crippen LogP contribution is -2.02. The van der Waals surface area contributed by atoms with Gasteiger partial charge in [-0.2, -0.15) is 0 Å². The predicted molar refractivity (Wildman–Crippen MR) is 70.1 cm³/mol. The molecule has 1 atom stereocenters. The number of hydrogen-bond donors (Lipinski definition) is 2. The number of hydrogen-bond acceptors (Lipinski definition) is 3. The maximum Gasteiger partial charge on any atom is 0.0842 e. The predicted octanol–water partition coefficient (Wildman–Crippen LogP) is 3.01. The van der Waals surface area contributed by atoms with E-state index in [9.17, 15) is 5.11 Å². The van der Waals surface area contributed by atoms with E-state index < -0.39 is 6.10 Å². The zero-order chi connectivity index (χ0) is 11.8. The molecule has 2 nitrogen and oxygen atoms in total. The molecule has 2 aromatic carbocycles. The van der Waals surface area contributed by atoms with Gasteiger partial charge in [-0.3, -0.25) is 0 Å². The summed E-state index contributed by atoms with van der Waals surface area (Å²) in [5.74, 6) is 0. The van der Waals surface area contributed by atoms with Crippen molar-refractivity contribution in [1.29, 1.82) is 0 Å². The second-order valence-electron chi connectivity index (χ2n) is 4.23. The van der Waals surface area contributed by atoms with Gasteiger partial charge in [-0.05, 0) is 35.4 Å². The lowest BCUT2D eigenvalue weighted by Gasteiger charge is -2.11. The normalized spacial score (nSPS) is 18.1. The van der Waals surface area contributed by atoms with Crippen molar-refractivity contribution in [3.63, 3.8) is 0 Å². The molecular formula is C14H13NOS. The summed E-state index contributed by atoms with van der Waals surface area (Å²) in [6.07, 6.45) is 0.184. The molecule has 1 heterocycles. The van der Waals surface area contributed by atoms with Crippen LogP contribution in [0.15, 0.2) is 52.3 Å². The van der Waals surface area contributed by atoms with Crippen LogP contribution in [0.4, 0.5) is 5.69 Å². The van der Waals surface area contributed by atoms with Gasteiger partial charge >= 0.3 is 0 Å². The Morgan fingerprint density at radius 2 is 1.94 bits per heavy atom. The van der Waals surface area contributed by atoms with Gasteiger partial charge in [0.15, 0.2) is 0 Å². The van der Waals surface area contributed by atoms with E-state index in [1.54, 1.807) is 11.8 Å². The Balaban J connectivity index is 2.14. The van der Waals surface area contributed by atoms with Crippen molar-refractivity contribution in [2.45, 2.75) is 22.3 Å². The van der Waals surface area contributed by atoms with E-state index in [1.807, 2.05) is 30.3 Å². The lowest BCUT2D eigenvalue weighted by molar-refractivity contribution is 0.175. The van der Waals surface area contributed by atoms with Gasteiger partial charge in [0.2, 0.25) is 0 Å². The molecule has 0 saturated heterocycles. The zero-order valence-electron chi connectivity index (χ0n) is 9.26. The van der Waals surface area contributed by atoms with Crippen LogP contribution in [0.2, 0.25) is 0 Å². The van der Waals surface area contributed by atoms with Gasteiger partial charge in [0.05, 0.1) is 6.10 Å².